The van der Waals surface area contributed by atoms with Crippen molar-refractivity contribution in [2.45, 2.75) is 49.2 Å². The molecule has 0 fully saturated rings. The number of aromatic nitrogens is 2. The highest BCUT2D eigenvalue weighted by Crippen LogP contribution is 2.46. The highest BCUT2D eigenvalue weighted by atomic mass is 35.5. The smallest absolute Gasteiger partial charge is 0.296 e. The number of amides is 1. The highest BCUT2D eigenvalue weighted by Gasteiger charge is 2.46. The van der Waals surface area contributed by atoms with E-state index in [0.717, 1.165) is 24.8 Å². The zero-order valence-corrected chi connectivity index (χ0v) is 27.9. The Bertz CT molecular complexity index is 1680. The van der Waals surface area contributed by atoms with Crippen molar-refractivity contribution < 1.29 is 24.2 Å². The molecule has 44 heavy (non-hydrogen) atoms. The Hall–Kier alpha value is -3.09. The van der Waals surface area contributed by atoms with Gasteiger partial charge < -0.3 is 14.6 Å². The van der Waals surface area contributed by atoms with E-state index < -0.39 is 23.5 Å². The van der Waals surface area contributed by atoms with E-state index in [9.17, 15) is 14.7 Å². The van der Waals surface area contributed by atoms with Gasteiger partial charge in [0.05, 0.1) is 29.7 Å². The fourth-order valence-electron chi connectivity index (χ4n) is 4.64. The topological polar surface area (TPSA) is 102 Å². The summed E-state index contributed by atoms with van der Waals surface area (Å²) in [5.41, 5.74) is 1.40. The number of benzene rings is 2. The number of aliphatic hydroxyl groups is 1. The molecule has 1 N–H and O–H groups in total. The van der Waals surface area contributed by atoms with Crippen molar-refractivity contribution >= 4 is 74.5 Å². The van der Waals surface area contributed by atoms with Crippen LogP contribution < -0.4 is 14.4 Å². The van der Waals surface area contributed by atoms with Gasteiger partial charge in [-0.15, -0.1) is 21.5 Å². The zero-order chi connectivity index (χ0) is 31.2. The summed E-state index contributed by atoms with van der Waals surface area (Å²) in [6.07, 6.45) is 3.03. The summed E-state index contributed by atoms with van der Waals surface area (Å²) >= 11 is 16.2. The van der Waals surface area contributed by atoms with Gasteiger partial charge in [0, 0.05) is 15.8 Å². The predicted molar refractivity (Wildman–Crippen MR) is 177 cm³/mol. The molecule has 1 aliphatic heterocycles. The number of hydrogen-bond donors (Lipinski definition) is 1. The van der Waals surface area contributed by atoms with E-state index in [2.05, 4.69) is 17.1 Å². The highest BCUT2D eigenvalue weighted by molar-refractivity contribution is 8.00. The molecule has 0 radical (unpaired) electrons. The number of rotatable bonds is 14. The van der Waals surface area contributed by atoms with Crippen LogP contribution in [0.1, 0.15) is 60.0 Å². The number of thiophene rings is 1. The quantitative estimate of drug-likeness (QED) is 0.0606. The van der Waals surface area contributed by atoms with E-state index in [1.165, 1.54) is 39.3 Å². The second-order valence-corrected chi connectivity index (χ2v) is 13.7. The largest absolute Gasteiger partial charge is 0.503 e. The van der Waals surface area contributed by atoms with E-state index in [4.69, 9.17) is 32.7 Å². The number of ether oxygens (including phenoxy) is 2. The number of carbonyl (C=O) groups excluding carboxylic acids is 2. The van der Waals surface area contributed by atoms with Crippen molar-refractivity contribution in [1.82, 2.24) is 10.2 Å². The molecule has 4 aromatic rings. The van der Waals surface area contributed by atoms with Gasteiger partial charge in [0.1, 0.15) is 0 Å². The normalized spacial score (nSPS) is 14.9. The average Bonchev–Trinajstić information content (AvgIpc) is 3.76. The number of aliphatic hydroxyl groups excluding tert-OH is 1. The molecule has 0 spiro atoms. The number of hydrogen-bond acceptors (Lipinski definition) is 10. The Balaban J connectivity index is 1.49. The van der Waals surface area contributed by atoms with Gasteiger partial charge in [-0.3, -0.25) is 14.5 Å². The third-order valence-corrected chi connectivity index (χ3v) is 10.3. The van der Waals surface area contributed by atoms with Crippen molar-refractivity contribution in [3.05, 3.63) is 91.3 Å². The van der Waals surface area contributed by atoms with E-state index in [1.807, 2.05) is 13.0 Å². The molecule has 0 saturated heterocycles. The molecule has 5 rings (SSSR count). The van der Waals surface area contributed by atoms with Gasteiger partial charge in [-0.05, 0) is 60.2 Å². The van der Waals surface area contributed by atoms with Crippen LogP contribution >= 0.6 is 57.6 Å². The lowest BCUT2D eigenvalue weighted by Crippen LogP contribution is -2.31. The van der Waals surface area contributed by atoms with Gasteiger partial charge in [-0.1, -0.05) is 84.3 Å². The Kier molecular flexibility index (Phi) is 10.9. The summed E-state index contributed by atoms with van der Waals surface area (Å²) in [5.74, 6) is -0.239. The SMILES string of the molecule is CCCCCOc1ccc(C2C(C(=O)c3cccs3)=C(O)C(=O)N2c2nnc(SCc3ccc(Cl)cc3Cl)s2)cc1OCC. The molecule has 1 atom stereocenters. The van der Waals surface area contributed by atoms with Crippen LogP contribution in [0.15, 0.2) is 69.6 Å². The summed E-state index contributed by atoms with van der Waals surface area (Å²) in [5, 5.41) is 22.8. The second kappa shape index (κ2) is 14.8. The van der Waals surface area contributed by atoms with Gasteiger partial charge in [0.2, 0.25) is 10.9 Å². The lowest BCUT2D eigenvalue weighted by molar-refractivity contribution is -0.117. The number of ketones is 1. The van der Waals surface area contributed by atoms with Gasteiger partial charge in [-0.25, -0.2) is 0 Å². The minimum absolute atomic E-state index is 0.0335. The van der Waals surface area contributed by atoms with Crippen LogP contribution in [0.3, 0.4) is 0 Å². The molecule has 3 heterocycles. The minimum Gasteiger partial charge on any atom is -0.503 e. The van der Waals surface area contributed by atoms with Crippen LogP contribution in [-0.4, -0.2) is 40.2 Å². The standard InChI is InChI=1S/C31H29Cl2N3O5S3/c1-3-5-6-13-41-22-12-10-18(15-23(22)40-4-2)26-25(27(37)24-8-7-14-42-24)28(38)29(39)36(26)30-34-35-31(44-30)43-17-19-9-11-20(32)16-21(19)33/h7-12,14-16,26,38H,3-6,13,17H2,1-2H3. The van der Waals surface area contributed by atoms with E-state index in [-0.39, 0.29) is 10.7 Å². The van der Waals surface area contributed by atoms with Crippen LogP contribution in [0.2, 0.25) is 10.0 Å². The van der Waals surface area contributed by atoms with Crippen molar-refractivity contribution in [1.29, 1.82) is 0 Å². The van der Waals surface area contributed by atoms with Crippen molar-refractivity contribution in [2.75, 3.05) is 18.1 Å². The number of halogens is 2. The van der Waals surface area contributed by atoms with Gasteiger partial charge in [-0.2, -0.15) is 0 Å². The Morgan fingerprint density at radius 3 is 2.64 bits per heavy atom. The molecular formula is C31H29Cl2N3O5S3. The first-order chi connectivity index (χ1) is 21.3. The van der Waals surface area contributed by atoms with Gasteiger partial charge in [0.15, 0.2) is 21.6 Å². The molecule has 2 aromatic carbocycles. The van der Waals surface area contributed by atoms with Gasteiger partial charge in [0.25, 0.3) is 5.91 Å². The number of thioether (sulfide) groups is 1. The molecule has 0 saturated carbocycles. The third-order valence-electron chi connectivity index (χ3n) is 6.75. The average molecular weight is 691 g/mol. The third kappa shape index (κ3) is 7.07. The molecule has 230 valence electrons. The summed E-state index contributed by atoms with van der Waals surface area (Å²) in [6.45, 7) is 4.92. The van der Waals surface area contributed by atoms with Crippen molar-refractivity contribution in [3.8, 4) is 11.5 Å². The molecule has 1 unspecified atom stereocenters. The minimum atomic E-state index is -0.970. The molecular weight excluding hydrogens is 661 g/mol. The summed E-state index contributed by atoms with van der Waals surface area (Å²) < 4.78 is 12.5. The lowest BCUT2D eigenvalue weighted by atomic mass is 9.95. The summed E-state index contributed by atoms with van der Waals surface area (Å²) in [4.78, 5) is 29.1. The Morgan fingerprint density at radius 1 is 1.07 bits per heavy atom. The Morgan fingerprint density at radius 2 is 1.91 bits per heavy atom. The molecule has 13 heteroatoms. The predicted octanol–water partition coefficient (Wildman–Crippen LogP) is 8.95. The maximum Gasteiger partial charge on any atom is 0.296 e. The van der Waals surface area contributed by atoms with Gasteiger partial charge >= 0.3 is 0 Å². The summed E-state index contributed by atoms with van der Waals surface area (Å²) in [6, 6.07) is 13.0. The van der Waals surface area contributed by atoms with Crippen LogP contribution in [0.5, 0.6) is 11.5 Å². The van der Waals surface area contributed by atoms with Crippen LogP contribution in [0, 0.1) is 0 Å². The van der Waals surface area contributed by atoms with Crippen LogP contribution in [-0.2, 0) is 10.5 Å². The number of unbranched alkanes of at least 4 members (excludes halogenated alkanes) is 2. The lowest BCUT2D eigenvalue weighted by Gasteiger charge is -2.25. The molecule has 2 aromatic heterocycles. The molecule has 0 aliphatic carbocycles. The summed E-state index contributed by atoms with van der Waals surface area (Å²) in [7, 11) is 0. The molecule has 0 bridgehead atoms. The monoisotopic (exact) mass is 689 g/mol. The number of nitrogens with zero attached hydrogens (tertiary/aromatic N) is 3. The number of carbonyl (C=O) groups is 2. The van der Waals surface area contributed by atoms with E-state index >= 15 is 0 Å². The molecule has 1 aliphatic rings. The van der Waals surface area contributed by atoms with Crippen molar-refractivity contribution in [2.24, 2.45) is 0 Å². The first-order valence-electron chi connectivity index (χ1n) is 14.0. The fourth-order valence-corrected chi connectivity index (χ4v) is 7.75. The maximum absolute atomic E-state index is 13.7. The fraction of sp³-hybridized carbons (Fsp3) is 0.290. The van der Waals surface area contributed by atoms with Crippen LogP contribution in [0.25, 0.3) is 0 Å². The van der Waals surface area contributed by atoms with E-state index in [1.54, 1.807) is 47.8 Å². The van der Waals surface area contributed by atoms with Crippen LogP contribution in [0.4, 0.5) is 5.13 Å². The first kappa shape index (κ1) is 32.3. The second-order valence-electron chi connectivity index (χ2n) is 9.72. The van der Waals surface area contributed by atoms with E-state index in [0.29, 0.717) is 55.3 Å². The first-order valence-corrected chi connectivity index (χ1v) is 17.4. The molecule has 1 amide bonds. The maximum atomic E-state index is 13.7. The number of Topliss-reactive ketones (excluding diaryl/α,β-unsaturated/α-hetero) is 1. The Labute approximate surface area is 277 Å². The molecule has 8 nitrogen and oxygen atoms in total. The number of anilines is 1. The van der Waals surface area contributed by atoms with Crippen molar-refractivity contribution in [3.63, 3.8) is 0 Å². The zero-order valence-electron chi connectivity index (χ0n) is 23.9.